The van der Waals surface area contributed by atoms with Crippen molar-refractivity contribution >= 4 is 17.2 Å². The maximum atomic E-state index is 14.6. The molecule has 0 atom stereocenters. The van der Waals surface area contributed by atoms with Crippen LogP contribution in [0.4, 0.5) is 4.39 Å². The van der Waals surface area contributed by atoms with Crippen LogP contribution in [-0.4, -0.2) is 40.2 Å². The van der Waals surface area contributed by atoms with Crippen LogP contribution in [0.1, 0.15) is 43.5 Å². The molecule has 1 aromatic heterocycles. The number of allylic oxidation sites excluding steroid dienone is 1. The minimum atomic E-state index is -0.525. The lowest BCUT2D eigenvalue weighted by molar-refractivity contribution is -0.00242. The van der Waals surface area contributed by atoms with Crippen molar-refractivity contribution in [3.8, 4) is 23.0 Å². The third kappa shape index (κ3) is 6.33. The van der Waals surface area contributed by atoms with Crippen molar-refractivity contribution in [1.82, 2.24) is 9.88 Å². The zero-order valence-corrected chi connectivity index (χ0v) is 20.2. The lowest BCUT2D eigenvalue weighted by Crippen LogP contribution is -2.42. The molecule has 1 fully saturated rings. The summed E-state index contributed by atoms with van der Waals surface area (Å²) < 4.78 is 14.6. The minimum absolute atomic E-state index is 0.123. The Morgan fingerprint density at radius 1 is 1.09 bits per heavy atom. The van der Waals surface area contributed by atoms with Gasteiger partial charge in [-0.05, 0) is 79.6 Å². The molecule has 2 aromatic carbocycles. The summed E-state index contributed by atoms with van der Waals surface area (Å²) in [6.45, 7) is 6.71. The van der Waals surface area contributed by atoms with Gasteiger partial charge in [0.1, 0.15) is 5.69 Å². The van der Waals surface area contributed by atoms with Gasteiger partial charge in [0.05, 0.1) is 5.60 Å². The van der Waals surface area contributed by atoms with Gasteiger partial charge in [-0.15, -0.1) is 0 Å². The molecule has 0 radical (unpaired) electrons. The van der Waals surface area contributed by atoms with E-state index in [1.54, 1.807) is 18.3 Å². The SMILES string of the molecule is CC(=CCN1CCC(C)(O)CC1)c1ccc(C#Cc2ncc(-c3ccc(Cl)cc3)cc2F)cc1. The quantitative estimate of drug-likeness (QED) is 0.458. The maximum Gasteiger partial charge on any atom is 0.158 e. The van der Waals surface area contributed by atoms with Gasteiger partial charge in [0.2, 0.25) is 0 Å². The first-order valence-electron chi connectivity index (χ1n) is 11.4. The molecule has 1 N–H and O–H groups in total. The highest BCUT2D eigenvalue weighted by Crippen LogP contribution is 2.23. The van der Waals surface area contributed by atoms with Crippen molar-refractivity contribution in [1.29, 1.82) is 0 Å². The number of halogens is 2. The molecule has 0 saturated carbocycles. The zero-order valence-electron chi connectivity index (χ0n) is 19.5. The molecular formula is C29H28ClFN2O. The van der Waals surface area contributed by atoms with E-state index >= 15 is 0 Å². The Morgan fingerprint density at radius 3 is 2.41 bits per heavy atom. The fourth-order valence-corrected chi connectivity index (χ4v) is 4.01. The van der Waals surface area contributed by atoms with Gasteiger partial charge in [-0.2, -0.15) is 0 Å². The Kier molecular flexibility index (Phi) is 7.48. The molecule has 1 aliphatic rings. The maximum absolute atomic E-state index is 14.6. The molecule has 174 valence electrons. The van der Waals surface area contributed by atoms with E-state index in [1.165, 1.54) is 11.6 Å². The molecule has 1 saturated heterocycles. The summed E-state index contributed by atoms with van der Waals surface area (Å²) in [6.07, 6.45) is 5.47. The normalized spacial score (nSPS) is 16.1. The van der Waals surface area contributed by atoms with Crippen LogP contribution in [0.5, 0.6) is 0 Å². The molecule has 3 nitrogen and oxygen atoms in total. The first-order chi connectivity index (χ1) is 16.3. The Hall–Kier alpha value is -2.97. The summed E-state index contributed by atoms with van der Waals surface area (Å²) in [4.78, 5) is 6.57. The van der Waals surface area contributed by atoms with Gasteiger partial charge in [0, 0.05) is 42.0 Å². The second-order valence-electron chi connectivity index (χ2n) is 9.07. The average molecular weight is 475 g/mol. The Balaban J connectivity index is 1.39. The minimum Gasteiger partial charge on any atom is -0.390 e. The van der Waals surface area contributed by atoms with Crippen LogP contribution in [0, 0.1) is 17.7 Å². The Labute approximate surface area is 205 Å². The third-order valence-corrected chi connectivity index (χ3v) is 6.53. The van der Waals surface area contributed by atoms with Crippen molar-refractivity contribution in [2.75, 3.05) is 19.6 Å². The number of hydrogen-bond donors (Lipinski definition) is 1. The van der Waals surface area contributed by atoms with Gasteiger partial charge < -0.3 is 5.11 Å². The van der Waals surface area contributed by atoms with Crippen LogP contribution in [0.25, 0.3) is 16.7 Å². The van der Waals surface area contributed by atoms with Crippen LogP contribution in [-0.2, 0) is 0 Å². The predicted octanol–water partition coefficient (Wildman–Crippen LogP) is 6.19. The first kappa shape index (κ1) is 24.2. The summed E-state index contributed by atoms with van der Waals surface area (Å²) in [5.41, 5.74) is 4.26. The number of likely N-dealkylation sites (tertiary alicyclic amines) is 1. The molecule has 0 bridgehead atoms. The van der Waals surface area contributed by atoms with Crippen LogP contribution in [0.2, 0.25) is 5.02 Å². The summed E-state index contributed by atoms with van der Waals surface area (Å²) in [7, 11) is 0. The predicted molar refractivity (Wildman–Crippen MR) is 137 cm³/mol. The molecule has 0 spiro atoms. The number of hydrogen-bond acceptors (Lipinski definition) is 3. The van der Waals surface area contributed by atoms with E-state index in [4.69, 9.17) is 11.6 Å². The van der Waals surface area contributed by atoms with Crippen LogP contribution >= 0.6 is 11.6 Å². The fraction of sp³-hybridized carbons (Fsp3) is 0.276. The van der Waals surface area contributed by atoms with Crippen LogP contribution in [0.3, 0.4) is 0 Å². The monoisotopic (exact) mass is 474 g/mol. The Bertz CT molecular complexity index is 1230. The smallest absolute Gasteiger partial charge is 0.158 e. The van der Waals surface area contributed by atoms with E-state index in [0.717, 1.165) is 49.2 Å². The van der Waals surface area contributed by atoms with E-state index in [1.807, 2.05) is 43.3 Å². The van der Waals surface area contributed by atoms with Crippen molar-refractivity contribution in [2.45, 2.75) is 32.3 Å². The van der Waals surface area contributed by atoms with E-state index in [0.29, 0.717) is 10.6 Å². The molecule has 3 aromatic rings. The van der Waals surface area contributed by atoms with Gasteiger partial charge >= 0.3 is 0 Å². The van der Waals surface area contributed by atoms with E-state index in [-0.39, 0.29) is 5.69 Å². The second-order valence-corrected chi connectivity index (χ2v) is 9.51. The van der Waals surface area contributed by atoms with Crippen molar-refractivity contribution < 1.29 is 9.50 Å². The lowest BCUT2D eigenvalue weighted by atomic mass is 9.94. The number of benzene rings is 2. The number of aromatic nitrogens is 1. The van der Waals surface area contributed by atoms with Crippen molar-refractivity contribution in [2.24, 2.45) is 0 Å². The molecule has 0 aliphatic carbocycles. The topological polar surface area (TPSA) is 36.4 Å². The van der Waals surface area contributed by atoms with Gasteiger partial charge in [-0.3, -0.25) is 4.90 Å². The highest BCUT2D eigenvalue weighted by Gasteiger charge is 2.26. The first-order valence-corrected chi connectivity index (χ1v) is 11.8. The fourth-order valence-electron chi connectivity index (χ4n) is 3.88. The van der Waals surface area contributed by atoms with Crippen molar-refractivity contribution in [3.63, 3.8) is 0 Å². The van der Waals surface area contributed by atoms with Crippen LogP contribution in [0.15, 0.2) is 66.9 Å². The summed E-state index contributed by atoms with van der Waals surface area (Å²) in [5.74, 6) is 5.40. The number of piperidine rings is 1. The lowest BCUT2D eigenvalue weighted by Gasteiger charge is -2.35. The van der Waals surface area contributed by atoms with Crippen molar-refractivity contribution in [3.05, 3.63) is 94.5 Å². The summed E-state index contributed by atoms with van der Waals surface area (Å²) in [6, 6.07) is 16.6. The molecular weight excluding hydrogens is 447 g/mol. The molecule has 34 heavy (non-hydrogen) atoms. The molecule has 5 heteroatoms. The highest BCUT2D eigenvalue weighted by atomic mass is 35.5. The summed E-state index contributed by atoms with van der Waals surface area (Å²) >= 11 is 5.92. The molecule has 4 rings (SSSR count). The average Bonchev–Trinajstić information content (AvgIpc) is 2.83. The van der Waals surface area contributed by atoms with Gasteiger partial charge in [0.25, 0.3) is 0 Å². The molecule has 2 heterocycles. The standard InChI is InChI=1S/C29H28ClFN2O/c1-21(13-16-33-17-14-29(2,34)15-18-33)23-6-3-22(4-7-23)5-12-28-27(31)19-25(20-32-28)24-8-10-26(30)11-9-24/h3-4,6-11,13,19-20,34H,14-18H2,1-2H3. The van der Waals surface area contributed by atoms with Gasteiger partial charge in [-0.25, -0.2) is 9.37 Å². The highest BCUT2D eigenvalue weighted by molar-refractivity contribution is 6.30. The largest absolute Gasteiger partial charge is 0.390 e. The number of rotatable bonds is 4. The molecule has 0 amide bonds. The Morgan fingerprint density at radius 2 is 1.76 bits per heavy atom. The molecule has 1 aliphatic heterocycles. The summed E-state index contributed by atoms with van der Waals surface area (Å²) in [5, 5.41) is 10.7. The van der Waals surface area contributed by atoms with E-state index in [9.17, 15) is 9.50 Å². The number of aliphatic hydroxyl groups is 1. The zero-order chi connectivity index (χ0) is 24.1. The third-order valence-electron chi connectivity index (χ3n) is 6.27. The van der Waals surface area contributed by atoms with Gasteiger partial charge in [-0.1, -0.05) is 47.9 Å². The molecule has 0 unspecified atom stereocenters. The number of nitrogens with zero attached hydrogens (tertiary/aromatic N) is 2. The second kappa shape index (κ2) is 10.5. The van der Waals surface area contributed by atoms with Crippen LogP contribution < -0.4 is 0 Å². The van der Waals surface area contributed by atoms with E-state index in [2.05, 4.69) is 34.7 Å². The van der Waals surface area contributed by atoms with Gasteiger partial charge in [0.15, 0.2) is 5.82 Å². The van der Waals surface area contributed by atoms with E-state index < -0.39 is 11.4 Å². The number of pyridine rings is 1.